The van der Waals surface area contributed by atoms with E-state index in [1.165, 1.54) is 0 Å². The molecule has 2 rings (SSSR count). The molecule has 1 aromatic carbocycles. The fourth-order valence-electron chi connectivity index (χ4n) is 1.17. The van der Waals surface area contributed by atoms with E-state index in [2.05, 4.69) is 0 Å². The Labute approximate surface area is 71.1 Å². The van der Waals surface area contributed by atoms with Gasteiger partial charge in [-0.05, 0) is 12.1 Å². The Morgan fingerprint density at radius 3 is 2.83 bits per heavy atom. The van der Waals surface area contributed by atoms with E-state index in [4.69, 9.17) is 15.2 Å². The average Bonchev–Trinajstić information content (AvgIpc) is 2.25. The van der Waals surface area contributed by atoms with Crippen LogP contribution in [0.3, 0.4) is 0 Å². The molecular weight excluding hydrogens is 154 g/mol. The molecule has 2 N–H and O–H groups in total. The fraction of sp³-hybridized carbons (Fsp3) is 0.333. The maximum absolute atomic E-state index is 5.65. The number of hydrogen-bond donors (Lipinski definition) is 1. The second-order valence-electron chi connectivity index (χ2n) is 2.74. The van der Waals surface area contributed by atoms with Gasteiger partial charge in [-0.3, -0.25) is 5.73 Å². The highest BCUT2D eigenvalue weighted by atomic mass is 16.5. The van der Waals surface area contributed by atoms with Crippen LogP contribution in [0.4, 0.5) is 0 Å². The van der Waals surface area contributed by atoms with Crippen LogP contribution in [0.5, 0.6) is 11.5 Å². The van der Waals surface area contributed by atoms with Crippen LogP contribution in [0.15, 0.2) is 24.3 Å². The van der Waals surface area contributed by atoms with Crippen molar-refractivity contribution < 1.29 is 9.47 Å². The Bertz CT molecular complexity index is 275. The Kier molecular flexibility index (Phi) is 1.87. The quantitative estimate of drug-likeness (QED) is 0.626. The molecular formula is C9H11NO2. The average molecular weight is 165 g/mol. The first-order valence-electron chi connectivity index (χ1n) is 4.00. The molecule has 0 radical (unpaired) electrons. The number of hydrogen-bond acceptors (Lipinski definition) is 3. The molecule has 3 heteroatoms. The third-order valence-electron chi connectivity index (χ3n) is 1.79. The van der Waals surface area contributed by atoms with Gasteiger partial charge in [0.05, 0.1) is 6.61 Å². The van der Waals surface area contributed by atoms with Gasteiger partial charge in [-0.25, -0.2) is 0 Å². The molecule has 1 atom stereocenters. The zero-order valence-electron chi connectivity index (χ0n) is 6.69. The van der Waals surface area contributed by atoms with Crippen molar-refractivity contribution in [1.82, 2.24) is 0 Å². The summed E-state index contributed by atoms with van der Waals surface area (Å²) in [7, 11) is 0. The number of para-hydroxylation sites is 2. The summed E-state index contributed by atoms with van der Waals surface area (Å²) in [4.78, 5) is 0. The summed E-state index contributed by atoms with van der Waals surface area (Å²) in [5.74, 6) is 1.52. The summed E-state index contributed by atoms with van der Waals surface area (Å²) < 4.78 is 10.8. The lowest BCUT2D eigenvalue weighted by Gasteiger charge is -2.09. The monoisotopic (exact) mass is 165 g/mol. The first kappa shape index (κ1) is 7.43. The van der Waals surface area contributed by atoms with Crippen LogP contribution >= 0.6 is 0 Å². The molecule has 0 spiro atoms. The minimum atomic E-state index is -0.242. The Morgan fingerprint density at radius 1 is 1.25 bits per heavy atom. The highest BCUT2D eigenvalue weighted by Crippen LogP contribution is 2.29. The summed E-state index contributed by atoms with van der Waals surface area (Å²) in [6.45, 7) is 0.623. The van der Waals surface area contributed by atoms with Gasteiger partial charge in [0.15, 0.2) is 17.7 Å². The van der Waals surface area contributed by atoms with E-state index in [1.54, 1.807) is 0 Å². The Balaban J connectivity index is 2.31. The molecule has 3 nitrogen and oxygen atoms in total. The standard InChI is InChI=1S/C9H11NO2/c10-9-5-6-11-7-3-1-2-4-8(7)12-9/h1-4,9H,5-6,10H2. The molecule has 12 heavy (non-hydrogen) atoms. The Morgan fingerprint density at radius 2 is 2.00 bits per heavy atom. The molecule has 0 saturated carbocycles. The van der Waals surface area contributed by atoms with Gasteiger partial charge in [0.1, 0.15) is 0 Å². The van der Waals surface area contributed by atoms with Gasteiger partial charge in [0, 0.05) is 6.42 Å². The zero-order valence-corrected chi connectivity index (χ0v) is 6.69. The van der Waals surface area contributed by atoms with Gasteiger partial charge in [-0.2, -0.15) is 0 Å². The zero-order chi connectivity index (χ0) is 8.39. The van der Waals surface area contributed by atoms with Gasteiger partial charge in [-0.1, -0.05) is 12.1 Å². The fourth-order valence-corrected chi connectivity index (χ4v) is 1.17. The second kappa shape index (κ2) is 3.03. The first-order chi connectivity index (χ1) is 5.86. The molecule has 0 aromatic heterocycles. The number of benzene rings is 1. The second-order valence-corrected chi connectivity index (χ2v) is 2.74. The molecule has 0 bridgehead atoms. The number of rotatable bonds is 0. The van der Waals surface area contributed by atoms with Gasteiger partial charge < -0.3 is 9.47 Å². The van der Waals surface area contributed by atoms with Gasteiger partial charge >= 0.3 is 0 Å². The molecule has 1 aliphatic rings. The lowest BCUT2D eigenvalue weighted by atomic mass is 10.3. The van der Waals surface area contributed by atoms with Crippen LogP contribution in [-0.4, -0.2) is 12.8 Å². The maximum atomic E-state index is 5.65. The van der Waals surface area contributed by atoms with Crippen molar-refractivity contribution in [3.05, 3.63) is 24.3 Å². The van der Waals surface area contributed by atoms with Crippen molar-refractivity contribution in [3.63, 3.8) is 0 Å². The third-order valence-corrected chi connectivity index (χ3v) is 1.79. The molecule has 0 aliphatic carbocycles. The predicted octanol–water partition coefficient (Wildman–Crippen LogP) is 1.13. The van der Waals surface area contributed by atoms with Crippen molar-refractivity contribution in [3.8, 4) is 11.5 Å². The minimum Gasteiger partial charge on any atom is -0.489 e. The smallest absolute Gasteiger partial charge is 0.163 e. The number of nitrogens with two attached hydrogens (primary N) is 1. The highest BCUT2D eigenvalue weighted by Gasteiger charge is 2.13. The van der Waals surface area contributed by atoms with Crippen LogP contribution < -0.4 is 15.2 Å². The molecule has 0 fully saturated rings. The minimum absolute atomic E-state index is 0.242. The van der Waals surface area contributed by atoms with E-state index in [0.717, 1.165) is 17.9 Å². The molecule has 0 amide bonds. The van der Waals surface area contributed by atoms with Crippen molar-refractivity contribution in [1.29, 1.82) is 0 Å². The van der Waals surface area contributed by atoms with Crippen LogP contribution in [0.25, 0.3) is 0 Å². The number of ether oxygens (including phenoxy) is 2. The lowest BCUT2D eigenvalue weighted by Crippen LogP contribution is -2.27. The van der Waals surface area contributed by atoms with E-state index in [0.29, 0.717) is 6.61 Å². The SMILES string of the molecule is NC1CCOc2ccccc2O1. The summed E-state index contributed by atoms with van der Waals surface area (Å²) in [5, 5.41) is 0. The van der Waals surface area contributed by atoms with Gasteiger partial charge in [-0.15, -0.1) is 0 Å². The third kappa shape index (κ3) is 1.36. The van der Waals surface area contributed by atoms with E-state index in [1.807, 2.05) is 24.3 Å². The van der Waals surface area contributed by atoms with Crippen LogP contribution in [0.2, 0.25) is 0 Å². The molecule has 1 unspecified atom stereocenters. The number of fused-ring (bicyclic) bond motifs is 1. The maximum Gasteiger partial charge on any atom is 0.163 e. The summed E-state index contributed by atoms with van der Waals surface area (Å²) in [6.07, 6.45) is 0.489. The molecule has 1 aliphatic heterocycles. The van der Waals surface area contributed by atoms with Crippen LogP contribution in [0, 0.1) is 0 Å². The van der Waals surface area contributed by atoms with E-state index in [9.17, 15) is 0 Å². The highest BCUT2D eigenvalue weighted by molar-refractivity contribution is 5.39. The topological polar surface area (TPSA) is 44.5 Å². The van der Waals surface area contributed by atoms with Crippen molar-refractivity contribution in [2.45, 2.75) is 12.6 Å². The van der Waals surface area contributed by atoms with Crippen LogP contribution in [-0.2, 0) is 0 Å². The Hall–Kier alpha value is -1.22. The first-order valence-corrected chi connectivity index (χ1v) is 4.00. The van der Waals surface area contributed by atoms with Crippen molar-refractivity contribution in [2.24, 2.45) is 5.73 Å². The van der Waals surface area contributed by atoms with E-state index >= 15 is 0 Å². The van der Waals surface area contributed by atoms with Gasteiger partial charge in [0.2, 0.25) is 0 Å². The van der Waals surface area contributed by atoms with Gasteiger partial charge in [0.25, 0.3) is 0 Å². The van der Waals surface area contributed by atoms with Crippen molar-refractivity contribution in [2.75, 3.05) is 6.61 Å². The normalized spacial score (nSPS) is 21.6. The van der Waals surface area contributed by atoms with E-state index in [-0.39, 0.29) is 6.23 Å². The lowest BCUT2D eigenvalue weighted by molar-refractivity contribution is 0.198. The molecule has 1 heterocycles. The van der Waals surface area contributed by atoms with Crippen LogP contribution in [0.1, 0.15) is 6.42 Å². The summed E-state index contributed by atoms with van der Waals surface area (Å²) in [5.41, 5.74) is 5.65. The van der Waals surface area contributed by atoms with E-state index < -0.39 is 0 Å². The predicted molar refractivity (Wildman–Crippen MR) is 45.2 cm³/mol. The molecule has 1 aromatic rings. The molecule has 64 valence electrons. The molecule has 0 saturated heterocycles. The summed E-state index contributed by atoms with van der Waals surface area (Å²) in [6, 6.07) is 7.56. The summed E-state index contributed by atoms with van der Waals surface area (Å²) >= 11 is 0. The largest absolute Gasteiger partial charge is 0.489 e. The van der Waals surface area contributed by atoms with Crippen molar-refractivity contribution >= 4 is 0 Å².